The molecule has 0 saturated carbocycles. The van der Waals surface area contributed by atoms with E-state index in [-0.39, 0.29) is 63.1 Å². The zero-order valence-corrected chi connectivity index (χ0v) is 13.5. The molecule has 4 heteroatoms. The fraction of sp³-hybridized carbons (Fsp3) is 0.333. The Morgan fingerprint density at radius 3 is 1.46 bits per heavy atom. The average Bonchev–Trinajstić information content (AvgIpc) is 2.43. The molecule has 0 aliphatic carbocycles. The summed E-state index contributed by atoms with van der Waals surface area (Å²) in [6.07, 6.45) is 2.28. The van der Waals surface area contributed by atoms with Crippen molar-refractivity contribution >= 4 is 0 Å². The van der Waals surface area contributed by atoms with Crippen LogP contribution in [-0.4, -0.2) is 0 Å². The third kappa shape index (κ3) is 32.0. The summed E-state index contributed by atoms with van der Waals surface area (Å²) in [4.78, 5) is 0. The summed E-state index contributed by atoms with van der Waals surface area (Å²) >= 11 is 0. The van der Waals surface area contributed by atoms with Crippen molar-refractivity contribution in [1.29, 1.82) is 0 Å². The van der Waals surface area contributed by atoms with Crippen LogP contribution >= 0.6 is 0 Å². The van der Waals surface area contributed by atoms with E-state index in [1.165, 1.54) is 6.42 Å². The van der Waals surface area contributed by atoms with Crippen LogP contribution < -0.4 is 37.2 Å². The fourth-order valence-corrected chi connectivity index (χ4v) is 0.321. The van der Waals surface area contributed by atoms with Gasteiger partial charge in [0.2, 0.25) is 0 Å². The van der Waals surface area contributed by atoms with Crippen LogP contribution in [-0.2, 0) is 25.8 Å². The van der Waals surface area contributed by atoms with Gasteiger partial charge in [-0.05, 0) is 0 Å². The summed E-state index contributed by atoms with van der Waals surface area (Å²) in [5, 5.41) is 0. The van der Waals surface area contributed by atoms with Gasteiger partial charge in [0.1, 0.15) is 0 Å². The predicted molar refractivity (Wildman–Crippen MR) is 42.3 cm³/mol. The Bertz CT molecular complexity index is 90.4. The zero-order valence-electron chi connectivity index (χ0n) is 7.64. The molecule has 0 spiro atoms. The first-order chi connectivity index (χ1) is 4.41. The maximum Gasteiger partial charge on any atom is 0 e. The maximum atomic E-state index is 3.60. The van der Waals surface area contributed by atoms with Gasteiger partial charge in [0.25, 0.3) is 0 Å². The van der Waals surface area contributed by atoms with Crippen LogP contribution in [0.3, 0.4) is 0 Å². The molecule has 1 rings (SSSR count). The second-order valence-electron chi connectivity index (χ2n) is 1.82. The fourth-order valence-electron chi connectivity index (χ4n) is 0.321. The van der Waals surface area contributed by atoms with Crippen LogP contribution in [0, 0.1) is 6.92 Å². The SMILES string of the molecule is [CH2-]CCC.[Cl-].[Cl-].[Cl-].[Hf].c1cc[cH-]c1. The summed E-state index contributed by atoms with van der Waals surface area (Å²) in [5.74, 6) is 0. The minimum Gasteiger partial charge on any atom is -1.00 e. The summed E-state index contributed by atoms with van der Waals surface area (Å²) in [7, 11) is 0. The van der Waals surface area contributed by atoms with Gasteiger partial charge in [-0.2, -0.15) is 24.6 Å². The molecule has 0 nitrogen and oxygen atoms in total. The third-order valence-corrected chi connectivity index (χ3v) is 0.909. The molecule has 0 aromatic heterocycles. The molecule has 1 aromatic carbocycles. The van der Waals surface area contributed by atoms with E-state index in [4.69, 9.17) is 0 Å². The van der Waals surface area contributed by atoms with E-state index in [0.717, 1.165) is 6.42 Å². The van der Waals surface area contributed by atoms with Crippen molar-refractivity contribution in [2.75, 3.05) is 0 Å². The number of hydrogen-bond acceptors (Lipinski definition) is 0. The van der Waals surface area contributed by atoms with Gasteiger partial charge >= 0.3 is 0 Å². The molecule has 0 aliphatic heterocycles. The molecule has 0 radical (unpaired) electrons. The number of rotatable bonds is 1. The van der Waals surface area contributed by atoms with Crippen molar-refractivity contribution in [3.05, 3.63) is 37.3 Å². The van der Waals surface area contributed by atoms with Gasteiger partial charge in [0.15, 0.2) is 0 Å². The first-order valence-electron chi connectivity index (χ1n) is 3.37. The first-order valence-corrected chi connectivity index (χ1v) is 3.37. The maximum absolute atomic E-state index is 3.60. The molecular formula is C9H14Cl3Hf-5. The van der Waals surface area contributed by atoms with Crippen LogP contribution in [0.4, 0.5) is 0 Å². The largest absolute Gasteiger partial charge is 1.00 e. The van der Waals surface area contributed by atoms with Crippen molar-refractivity contribution < 1.29 is 63.1 Å². The summed E-state index contributed by atoms with van der Waals surface area (Å²) in [6, 6.07) is 10.0. The predicted octanol–water partition coefficient (Wildman–Crippen LogP) is -5.96. The molecule has 1 aromatic rings. The Labute approximate surface area is 119 Å². The van der Waals surface area contributed by atoms with Gasteiger partial charge < -0.3 is 44.1 Å². The Morgan fingerprint density at radius 2 is 1.38 bits per heavy atom. The molecule has 0 aliphatic rings. The van der Waals surface area contributed by atoms with Gasteiger partial charge in [0, 0.05) is 25.8 Å². The van der Waals surface area contributed by atoms with E-state index in [1.54, 1.807) is 0 Å². The first kappa shape index (κ1) is 29.2. The minimum absolute atomic E-state index is 0. The smallest absolute Gasteiger partial charge is 0 e. The third-order valence-electron chi connectivity index (χ3n) is 0.909. The van der Waals surface area contributed by atoms with Crippen LogP contribution in [0.15, 0.2) is 30.3 Å². The van der Waals surface area contributed by atoms with Crippen LogP contribution in [0.2, 0.25) is 0 Å². The van der Waals surface area contributed by atoms with E-state index in [0.29, 0.717) is 0 Å². The van der Waals surface area contributed by atoms with E-state index in [1.807, 2.05) is 30.3 Å². The Balaban J connectivity index is -0.0000000256. The van der Waals surface area contributed by atoms with E-state index >= 15 is 0 Å². The molecule has 0 unspecified atom stereocenters. The molecule has 0 amide bonds. The second kappa shape index (κ2) is 29.2. The molecule has 0 fully saturated rings. The van der Waals surface area contributed by atoms with Gasteiger partial charge in [-0.15, -0.1) is 0 Å². The standard InChI is InChI=1S/C5H5.C4H9.3ClH.Hf/c1-2-4-5-3-1;1-3-4-2;;;;/h1-5H;1,3-4H2,2H3;3*1H;/q2*-1;;;;/p-3. The summed E-state index contributed by atoms with van der Waals surface area (Å²) in [5.41, 5.74) is 0. The van der Waals surface area contributed by atoms with Crippen LogP contribution in [0.25, 0.3) is 0 Å². The van der Waals surface area contributed by atoms with Gasteiger partial charge in [-0.1, -0.05) is 13.3 Å². The van der Waals surface area contributed by atoms with Gasteiger partial charge in [0.05, 0.1) is 0 Å². The molecule has 0 bridgehead atoms. The number of unbranched alkanes of at least 4 members (excludes halogenated alkanes) is 1. The molecular weight excluding hydrogens is 393 g/mol. The Kier molecular flexibility index (Phi) is 65.7. The molecule has 0 saturated heterocycles. The average molecular weight is 407 g/mol. The number of halogens is 3. The Hall–Kier alpha value is 1.09. The van der Waals surface area contributed by atoms with Crippen molar-refractivity contribution in [2.24, 2.45) is 0 Å². The second-order valence-corrected chi connectivity index (χ2v) is 1.82. The summed E-state index contributed by atoms with van der Waals surface area (Å²) in [6.45, 7) is 5.72. The zero-order chi connectivity index (χ0) is 6.95. The van der Waals surface area contributed by atoms with E-state index in [2.05, 4.69) is 13.8 Å². The molecule has 13 heavy (non-hydrogen) atoms. The summed E-state index contributed by atoms with van der Waals surface area (Å²) < 4.78 is 0. The van der Waals surface area contributed by atoms with Gasteiger partial charge in [-0.3, -0.25) is 0 Å². The Morgan fingerprint density at radius 1 is 1.08 bits per heavy atom. The quantitative estimate of drug-likeness (QED) is 0.322. The topological polar surface area (TPSA) is 0 Å². The van der Waals surface area contributed by atoms with Crippen molar-refractivity contribution in [1.82, 2.24) is 0 Å². The minimum atomic E-state index is 0. The molecule has 0 atom stereocenters. The van der Waals surface area contributed by atoms with Crippen molar-refractivity contribution in [2.45, 2.75) is 19.8 Å². The normalized spacial score (nSPS) is 5.38. The van der Waals surface area contributed by atoms with Gasteiger partial charge in [-0.25, -0.2) is 12.1 Å². The molecule has 80 valence electrons. The molecule has 0 N–H and O–H groups in total. The number of hydrogen-bond donors (Lipinski definition) is 0. The van der Waals surface area contributed by atoms with E-state index < -0.39 is 0 Å². The van der Waals surface area contributed by atoms with Crippen molar-refractivity contribution in [3.63, 3.8) is 0 Å². The monoisotopic (exact) mass is 407 g/mol. The van der Waals surface area contributed by atoms with Crippen LogP contribution in [0.1, 0.15) is 19.8 Å². The molecule has 0 heterocycles. The van der Waals surface area contributed by atoms with Crippen molar-refractivity contribution in [3.8, 4) is 0 Å². The van der Waals surface area contributed by atoms with Crippen LogP contribution in [0.5, 0.6) is 0 Å². The van der Waals surface area contributed by atoms with E-state index in [9.17, 15) is 0 Å².